The Morgan fingerprint density at radius 2 is 1.64 bits per heavy atom. The number of halogens is 6. The number of alkyl halides is 3. The van der Waals surface area contributed by atoms with Crippen molar-refractivity contribution in [1.82, 2.24) is 10.2 Å². The average molecular weight is 459 g/mol. The van der Waals surface area contributed by atoms with Gasteiger partial charge in [0.15, 0.2) is 0 Å². The predicted octanol–water partition coefficient (Wildman–Crippen LogP) is 4.66. The van der Waals surface area contributed by atoms with E-state index < -0.39 is 6.36 Å². The maximum atomic E-state index is 12.4. The normalized spacial score (nSPS) is 15.9. The Morgan fingerprint density at radius 1 is 1.04 bits per heavy atom. The molecule has 156 valence electrons. The zero-order chi connectivity index (χ0) is 18.7. The first kappa shape index (κ1) is 24.7. The van der Waals surface area contributed by atoms with E-state index in [1.807, 2.05) is 6.07 Å². The number of anilines is 1. The maximum Gasteiger partial charge on any atom is 0.573 e. The van der Waals surface area contributed by atoms with Crippen LogP contribution in [0, 0.1) is 0 Å². The minimum atomic E-state index is -4.71. The third kappa shape index (κ3) is 6.32. The molecule has 3 N–H and O–H groups in total. The molecule has 1 fully saturated rings. The molecule has 0 aliphatic carbocycles. The summed E-state index contributed by atoms with van der Waals surface area (Å²) in [5.41, 5.74) is 8.43. The first-order valence-electron chi connectivity index (χ1n) is 8.19. The lowest BCUT2D eigenvalue weighted by atomic mass is 9.95. The van der Waals surface area contributed by atoms with Gasteiger partial charge in [0.05, 0.1) is 6.04 Å². The van der Waals surface area contributed by atoms with Crippen molar-refractivity contribution in [2.45, 2.75) is 12.4 Å². The standard InChI is InChI=1S/C18H19ClF3N3O.2ClH/c19-13-3-6-16(23)15(11-13)17(25-9-7-24-8-10-25)12-1-4-14(5-2-12)26-18(20,21)22;;/h1-6,11,17,24H,7-10,23H2;2*1H/t17-;;/m0../s1. The van der Waals surface area contributed by atoms with Crippen LogP contribution in [0.1, 0.15) is 17.2 Å². The molecule has 2 aromatic rings. The van der Waals surface area contributed by atoms with E-state index >= 15 is 0 Å². The Labute approximate surface area is 179 Å². The molecule has 0 radical (unpaired) electrons. The molecular formula is C18H21Cl3F3N3O. The molecule has 4 nitrogen and oxygen atoms in total. The van der Waals surface area contributed by atoms with E-state index in [9.17, 15) is 13.2 Å². The lowest BCUT2D eigenvalue weighted by molar-refractivity contribution is -0.274. The summed E-state index contributed by atoms with van der Waals surface area (Å²) < 4.78 is 41.1. The third-order valence-corrected chi connectivity index (χ3v) is 4.52. The van der Waals surface area contributed by atoms with Crippen molar-refractivity contribution in [3.8, 4) is 5.75 Å². The van der Waals surface area contributed by atoms with E-state index in [1.54, 1.807) is 24.3 Å². The monoisotopic (exact) mass is 457 g/mol. The van der Waals surface area contributed by atoms with E-state index in [1.165, 1.54) is 12.1 Å². The number of benzene rings is 2. The van der Waals surface area contributed by atoms with Crippen LogP contribution in [-0.4, -0.2) is 37.4 Å². The van der Waals surface area contributed by atoms with Gasteiger partial charge in [-0.3, -0.25) is 4.90 Å². The number of nitrogens with one attached hydrogen (secondary N) is 1. The maximum absolute atomic E-state index is 12.4. The van der Waals surface area contributed by atoms with Crippen LogP contribution < -0.4 is 15.8 Å². The van der Waals surface area contributed by atoms with Crippen LogP contribution in [-0.2, 0) is 0 Å². The molecule has 0 saturated carbocycles. The topological polar surface area (TPSA) is 50.5 Å². The molecule has 0 aromatic heterocycles. The van der Waals surface area contributed by atoms with Crippen LogP contribution in [0.25, 0.3) is 0 Å². The summed E-state index contributed by atoms with van der Waals surface area (Å²) in [7, 11) is 0. The largest absolute Gasteiger partial charge is 0.573 e. The molecule has 3 rings (SSSR count). The second-order valence-electron chi connectivity index (χ2n) is 6.08. The van der Waals surface area contributed by atoms with Crippen molar-refractivity contribution in [3.63, 3.8) is 0 Å². The second kappa shape index (κ2) is 10.4. The number of nitrogen functional groups attached to an aromatic ring is 1. The van der Waals surface area contributed by atoms with Gasteiger partial charge in [-0.05, 0) is 41.5 Å². The minimum absolute atomic E-state index is 0. The van der Waals surface area contributed by atoms with Crippen molar-refractivity contribution < 1.29 is 17.9 Å². The Morgan fingerprint density at radius 3 is 2.21 bits per heavy atom. The molecule has 1 saturated heterocycles. The summed E-state index contributed by atoms with van der Waals surface area (Å²) >= 11 is 6.15. The Bertz CT molecular complexity index is 754. The van der Waals surface area contributed by atoms with Crippen LogP contribution >= 0.6 is 36.4 Å². The molecule has 2 aromatic carbocycles. The van der Waals surface area contributed by atoms with Gasteiger partial charge in [-0.1, -0.05) is 23.7 Å². The van der Waals surface area contributed by atoms with Gasteiger partial charge in [0, 0.05) is 36.9 Å². The number of rotatable bonds is 4. The van der Waals surface area contributed by atoms with Crippen LogP contribution in [0.5, 0.6) is 5.75 Å². The van der Waals surface area contributed by atoms with Crippen molar-refractivity contribution in [2.75, 3.05) is 31.9 Å². The fraction of sp³-hybridized carbons (Fsp3) is 0.333. The van der Waals surface area contributed by atoms with Crippen molar-refractivity contribution in [1.29, 1.82) is 0 Å². The summed E-state index contributed by atoms with van der Waals surface area (Å²) in [5, 5.41) is 3.85. The first-order valence-corrected chi connectivity index (χ1v) is 8.57. The Hall–Kier alpha value is -1.38. The number of ether oxygens (including phenoxy) is 1. The van der Waals surface area contributed by atoms with Crippen molar-refractivity contribution in [2.24, 2.45) is 0 Å². The van der Waals surface area contributed by atoms with E-state index in [2.05, 4.69) is 15.0 Å². The summed E-state index contributed by atoms with van der Waals surface area (Å²) in [6, 6.07) is 11.0. The summed E-state index contributed by atoms with van der Waals surface area (Å²) in [6.07, 6.45) is -4.71. The molecule has 0 bridgehead atoms. The van der Waals surface area contributed by atoms with Gasteiger partial charge in [0.1, 0.15) is 5.75 Å². The van der Waals surface area contributed by atoms with Gasteiger partial charge in [0.25, 0.3) is 0 Å². The Balaban J connectivity index is 0.00000196. The van der Waals surface area contributed by atoms with Gasteiger partial charge in [-0.15, -0.1) is 38.0 Å². The zero-order valence-electron chi connectivity index (χ0n) is 14.7. The van der Waals surface area contributed by atoms with Crippen LogP contribution in [0.4, 0.5) is 18.9 Å². The lowest BCUT2D eigenvalue weighted by Gasteiger charge is -2.36. The molecule has 1 heterocycles. The SMILES string of the molecule is Cl.Cl.Nc1ccc(Cl)cc1[C@H](c1ccc(OC(F)(F)F)cc1)N1CCNCC1. The van der Waals surface area contributed by atoms with E-state index in [-0.39, 0.29) is 36.6 Å². The van der Waals surface area contributed by atoms with E-state index in [4.69, 9.17) is 17.3 Å². The fourth-order valence-corrected chi connectivity index (χ4v) is 3.34. The van der Waals surface area contributed by atoms with Crippen LogP contribution in [0.2, 0.25) is 5.02 Å². The fourth-order valence-electron chi connectivity index (χ4n) is 3.16. The number of hydrogen-bond donors (Lipinski definition) is 2. The van der Waals surface area contributed by atoms with Crippen LogP contribution in [0.3, 0.4) is 0 Å². The molecule has 0 amide bonds. The molecule has 10 heteroatoms. The molecule has 1 aliphatic rings. The highest BCUT2D eigenvalue weighted by Crippen LogP contribution is 2.35. The van der Waals surface area contributed by atoms with Gasteiger partial charge in [0.2, 0.25) is 0 Å². The molecule has 28 heavy (non-hydrogen) atoms. The highest BCUT2D eigenvalue weighted by molar-refractivity contribution is 6.30. The molecule has 1 atom stereocenters. The summed E-state index contributed by atoms with van der Waals surface area (Å²) in [5.74, 6) is -0.251. The lowest BCUT2D eigenvalue weighted by Crippen LogP contribution is -2.45. The number of hydrogen-bond acceptors (Lipinski definition) is 4. The molecule has 0 spiro atoms. The van der Waals surface area contributed by atoms with Gasteiger partial charge < -0.3 is 15.8 Å². The summed E-state index contributed by atoms with van der Waals surface area (Å²) in [6.45, 7) is 3.23. The first-order chi connectivity index (χ1) is 12.3. The van der Waals surface area contributed by atoms with Crippen molar-refractivity contribution >= 4 is 42.1 Å². The quantitative estimate of drug-likeness (QED) is 0.655. The highest BCUT2D eigenvalue weighted by Gasteiger charge is 2.31. The van der Waals surface area contributed by atoms with E-state index in [0.717, 1.165) is 37.3 Å². The van der Waals surface area contributed by atoms with Gasteiger partial charge in [-0.25, -0.2) is 0 Å². The molecular weight excluding hydrogens is 438 g/mol. The van der Waals surface area contributed by atoms with E-state index in [0.29, 0.717) is 10.7 Å². The molecule has 0 unspecified atom stereocenters. The predicted molar refractivity (Wildman–Crippen MR) is 110 cm³/mol. The summed E-state index contributed by atoms with van der Waals surface area (Å²) in [4.78, 5) is 2.23. The molecule has 1 aliphatic heterocycles. The number of nitrogens with zero attached hydrogens (tertiary/aromatic N) is 1. The van der Waals surface area contributed by atoms with Gasteiger partial charge >= 0.3 is 6.36 Å². The van der Waals surface area contributed by atoms with Crippen molar-refractivity contribution in [3.05, 3.63) is 58.6 Å². The average Bonchev–Trinajstić information content (AvgIpc) is 2.59. The highest BCUT2D eigenvalue weighted by atomic mass is 35.5. The number of nitrogens with two attached hydrogens (primary N) is 1. The zero-order valence-corrected chi connectivity index (χ0v) is 17.1. The smallest absolute Gasteiger partial charge is 0.406 e. The van der Waals surface area contributed by atoms with Gasteiger partial charge in [-0.2, -0.15) is 0 Å². The Kier molecular flexibility index (Phi) is 9.17. The minimum Gasteiger partial charge on any atom is -0.406 e. The van der Waals surface area contributed by atoms with Crippen LogP contribution in [0.15, 0.2) is 42.5 Å². The number of piperazine rings is 1. The third-order valence-electron chi connectivity index (χ3n) is 4.29. The second-order valence-corrected chi connectivity index (χ2v) is 6.52.